The van der Waals surface area contributed by atoms with Gasteiger partial charge in [-0.2, -0.15) is 0 Å². The first-order valence-electron chi connectivity index (χ1n) is 4.28. The number of carbonyl (C=O) groups excluding carboxylic acids is 1. The fourth-order valence-corrected chi connectivity index (χ4v) is 0.972. The number of nitrogens with zero attached hydrogens (tertiary/aromatic N) is 3. The van der Waals surface area contributed by atoms with Gasteiger partial charge in [-0.05, 0) is 21.9 Å². The van der Waals surface area contributed by atoms with Crippen molar-refractivity contribution in [2.45, 2.75) is 6.92 Å². The van der Waals surface area contributed by atoms with Crippen molar-refractivity contribution in [1.82, 2.24) is 10.2 Å². The molecule has 2 N–H and O–H groups in total. The van der Waals surface area contributed by atoms with E-state index in [1.54, 1.807) is 0 Å². The summed E-state index contributed by atoms with van der Waals surface area (Å²) in [4.78, 5) is 30.2. The normalized spacial score (nSPS) is 9.71. The van der Waals surface area contributed by atoms with E-state index >= 15 is 0 Å². The lowest BCUT2D eigenvalue weighted by molar-refractivity contribution is -0.392. The summed E-state index contributed by atoms with van der Waals surface area (Å²) in [6, 6.07) is 0. The highest BCUT2D eigenvalue weighted by atomic mass is 16.6. The van der Waals surface area contributed by atoms with Gasteiger partial charge in [0.1, 0.15) is 5.10 Å². The van der Waals surface area contributed by atoms with E-state index in [0.717, 1.165) is 0 Å². The van der Waals surface area contributed by atoms with Gasteiger partial charge in [-0.15, -0.1) is 0 Å². The fraction of sp³-hybridized carbons (Fsp3) is 0.333. The second-order valence-corrected chi connectivity index (χ2v) is 2.63. The van der Waals surface area contributed by atoms with E-state index in [1.165, 1.54) is 6.92 Å². The fourth-order valence-electron chi connectivity index (χ4n) is 0.972. The molecular formula is C6H7N5O6. The molecule has 0 unspecified atom stereocenters. The van der Waals surface area contributed by atoms with Gasteiger partial charge in [-0.3, -0.25) is 5.32 Å². The highest BCUT2D eigenvalue weighted by molar-refractivity contribution is 5.90. The molecule has 92 valence electrons. The smallest absolute Gasteiger partial charge is 0.444 e. The highest BCUT2D eigenvalue weighted by Gasteiger charge is 2.33. The zero-order valence-electron chi connectivity index (χ0n) is 8.50. The van der Waals surface area contributed by atoms with Gasteiger partial charge in [0.25, 0.3) is 0 Å². The lowest BCUT2D eigenvalue weighted by atomic mass is 10.4. The maximum atomic E-state index is 11.0. The number of amides is 1. The van der Waals surface area contributed by atoms with Gasteiger partial charge >= 0.3 is 17.7 Å². The molecule has 11 heteroatoms. The number of rotatable bonds is 4. The molecule has 0 saturated heterocycles. The lowest BCUT2D eigenvalue weighted by Gasteiger charge is -2.01. The van der Waals surface area contributed by atoms with E-state index in [-0.39, 0.29) is 6.61 Å². The van der Waals surface area contributed by atoms with Crippen LogP contribution in [0.5, 0.6) is 0 Å². The average Bonchev–Trinajstić information content (AvgIpc) is 2.61. The van der Waals surface area contributed by atoms with Crippen molar-refractivity contribution in [3.63, 3.8) is 0 Å². The predicted octanol–water partition coefficient (Wildman–Crippen LogP) is 0.794. The molecule has 11 nitrogen and oxygen atoms in total. The second kappa shape index (κ2) is 4.87. The maximum absolute atomic E-state index is 11.0. The van der Waals surface area contributed by atoms with E-state index in [4.69, 9.17) is 0 Å². The molecule has 1 aromatic rings. The SMILES string of the molecule is CCOC(=O)Nc1c([N+](=O)[O-])n[nH]c1[N+](=O)[O-]. The number of H-pyrrole nitrogens is 1. The number of anilines is 1. The number of carbonyl (C=O) groups is 1. The summed E-state index contributed by atoms with van der Waals surface area (Å²) in [5, 5.41) is 27.9. The molecule has 0 bridgehead atoms. The Bertz CT molecular complexity index is 436. The van der Waals surface area contributed by atoms with E-state index < -0.39 is 33.3 Å². The number of nitrogens with one attached hydrogen (secondary N) is 2. The van der Waals surface area contributed by atoms with Gasteiger partial charge in [-0.1, -0.05) is 0 Å². The summed E-state index contributed by atoms with van der Waals surface area (Å²) >= 11 is 0. The summed E-state index contributed by atoms with van der Waals surface area (Å²) in [5.74, 6) is -1.64. The molecule has 1 heterocycles. The van der Waals surface area contributed by atoms with Crippen LogP contribution in [0.1, 0.15) is 6.92 Å². The molecule has 1 aromatic heterocycles. The van der Waals surface area contributed by atoms with Crippen LogP contribution in [0.2, 0.25) is 0 Å². The zero-order chi connectivity index (χ0) is 13.0. The number of aromatic nitrogens is 2. The van der Waals surface area contributed by atoms with Gasteiger partial charge in [0, 0.05) is 0 Å². The van der Waals surface area contributed by atoms with Crippen LogP contribution in [0.3, 0.4) is 0 Å². The quantitative estimate of drug-likeness (QED) is 0.587. The van der Waals surface area contributed by atoms with Crippen molar-refractivity contribution in [3.05, 3.63) is 20.2 Å². The third kappa shape index (κ3) is 2.64. The predicted molar refractivity (Wildman–Crippen MR) is 52.5 cm³/mol. The van der Waals surface area contributed by atoms with Crippen molar-refractivity contribution in [1.29, 1.82) is 0 Å². The average molecular weight is 245 g/mol. The zero-order valence-corrected chi connectivity index (χ0v) is 8.50. The summed E-state index contributed by atoms with van der Waals surface area (Å²) in [6.07, 6.45) is -1.04. The Balaban J connectivity index is 3.08. The monoisotopic (exact) mass is 245 g/mol. The molecule has 0 saturated carbocycles. The lowest BCUT2D eigenvalue weighted by Crippen LogP contribution is -2.14. The Morgan fingerprint density at radius 2 is 2.12 bits per heavy atom. The first kappa shape index (κ1) is 12.4. The molecule has 17 heavy (non-hydrogen) atoms. The van der Waals surface area contributed by atoms with E-state index in [0.29, 0.717) is 0 Å². The first-order valence-corrected chi connectivity index (χ1v) is 4.28. The van der Waals surface area contributed by atoms with Crippen LogP contribution in [-0.4, -0.2) is 32.7 Å². The van der Waals surface area contributed by atoms with Gasteiger partial charge in [0.05, 0.1) is 6.61 Å². The molecule has 0 spiro atoms. The molecule has 0 aliphatic carbocycles. The standard InChI is InChI=1S/C6H7N5O6/c1-2-17-6(12)7-3-4(10(13)14)8-9-5(3)11(15)16/h2H2,1H3,(H,7,12)(H,8,9). The summed E-state index contributed by atoms with van der Waals surface area (Å²) in [5.41, 5.74) is -0.640. The molecule has 1 amide bonds. The van der Waals surface area contributed by atoms with Crippen LogP contribution >= 0.6 is 0 Å². The third-order valence-electron chi connectivity index (χ3n) is 1.59. The number of ether oxygens (including phenoxy) is 1. The molecule has 0 atom stereocenters. The Labute approximate surface area is 93.1 Å². The van der Waals surface area contributed by atoms with Crippen LogP contribution in [0, 0.1) is 20.2 Å². The third-order valence-corrected chi connectivity index (χ3v) is 1.59. The van der Waals surface area contributed by atoms with Crippen molar-refractivity contribution in [2.24, 2.45) is 0 Å². The van der Waals surface area contributed by atoms with Crippen molar-refractivity contribution < 1.29 is 19.4 Å². The number of hydrogen-bond acceptors (Lipinski definition) is 7. The second-order valence-electron chi connectivity index (χ2n) is 2.63. The minimum absolute atomic E-state index is 0.0191. The Morgan fingerprint density at radius 3 is 2.59 bits per heavy atom. The molecular weight excluding hydrogens is 238 g/mol. The van der Waals surface area contributed by atoms with Crippen LogP contribution in [0.4, 0.5) is 22.1 Å². The molecule has 0 fully saturated rings. The van der Waals surface area contributed by atoms with Gasteiger partial charge in [0.2, 0.25) is 5.69 Å². The van der Waals surface area contributed by atoms with E-state index in [1.807, 2.05) is 10.4 Å². The number of aromatic amines is 1. The van der Waals surface area contributed by atoms with Crippen LogP contribution in [0.25, 0.3) is 0 Å². The highest BCUT2D eigenvalue weighted by Crippen LogP contribution is 2.30. The Hall–Kier alpha value is -2.72. The van der Waals surface area contributed by atoms with Crippen molar-refractivity contribution in [3.8, 4) is 0 Å². The molecule has 0 radical (unpaired) electrons. The van der Waals surface area contributed by atoms with Crippen molar-refractivity contribution in [2.75, 3.05) is 11.9 Å². The summed E-state index contributed by atoms with van der Waals surface area (Å²) in [7, 11) is 0. The van der Waals surface area contributed by atoms with Gasteiger partial charge in [-0.25, -0.2) is 4.79 Å². The first-order chi connectivity index (χ1) is 7.97. The number of hydrogen-bond donors (Lipinski definition) is 2. The van der Waals surface area contributed by atoms with Crippen LogP contribution < -0.4 is 5.32 Å². The van der Waals surface area contributed by atoms with Crippen LogP contribution in [-0.2, 0) is 4.74 Å². The van der Waals surface area contributed by atoms with Crippen LogP contribution in [0.15, 0.2) is 0 Å². The van der Waals surface area contributed by atoms with Crippen molar-refractivity contribution >= 4 is 23.4 Å². The van der Waals surface area contributed by atoms with Gasteiger partial charge < -0.3 is 25.0 Å². The number of nitro groups is 2. The molecule has 0 aromatic carbocycles. The Kier molecular flexibility index (Phi) is 3.54. The molecule has 0 aliphatic heterocycles. The van der Waals surface area contributed by atoms with E-state index in [9.17, 15) is 25.0 Å². The minimum atomic E-state index is -1.04. The maximum Gasteiger partial charge on any atom is 0.444 e. The topological polar surface area (TPSA) is 153 Å². The van der Waals surface area contributed by atoms with E-state index in [2.05, 4.69) is 9.84 Å². The minimum Gasteiger partial charge on any atom is -0.450 e. The molecule has 0 aliphatic rings. The summed E-state index contributed by atoms with van der Waals surface area (Å²) < 4.78 is 4.45. The van der Waals surface area contributed by atoms with Gasteiger partial charge in [0.15, 0.2) is 0 Å². The molecule has 1 rings (SSSR count). The largest absolute Gasteiger partial charge is 0.450 e. The Morgan fingerprint density at radius 1 is 1.47 bits per heavy atom. The summed E-state index contributed by atoms with van der Waals surface area (Å²) in [6.45, 7) is 1.53.